The van der Waals surface area contributed by atoms with Gasteiger partial charge in [-0.3, -0.25) is 4.79 Å². The first-order valence-corrected chi connectivity index (χ1v) is 6.94. The van der Waals surface area contributed by atoms with Crippen LogP contribution in [0.5, 0.6) is 5.75 Å². The minimum Gasteiger partial charge on any atom is -0.508 e. The highest BCUT2D eigenvalue weighted by molar-refractivity contribution is 5.83. The highest BCUT2D eigenvalue weighted by atomic mass is 16.4. The zero-order chi connectivity index (χ0) is 15.8. The van der Waals surface area contributed by atoms with Crippen molar-refractivity contribution >= 4 is 11.9 Å². The number of aromatic hydroxyl groups is 1. The topological polar surface area (TPSA) is 113 Å². The van der Waals surface area contributed by atoms with Crippen LogP contribution in [-0.4, -0.2) is 34.2 Å². The molecule has 0 bridgehead atoms. The Kier molecular flexibility index (Phi) is 6.68. The van der Waals surface area contributed by atoms with E-state index in [1.54, 1.807) is 12.1 Å². The van der Waals surface area contributed by atoms with Crippen LogP contribution in [0.25, 0.3) is 0 Å². The molecule has 0 aliphatic rings. The molecule has 0 aliphatic carbocycles. The molecule has 6 heteroatoms. The summed E-state index contributed by atoms with van der Waals surface area (Å²) in [6.07, 6.45) is 1.80. The lowest BCUT2D eigenvalue weighted by atomic mass is 10.1. The molecule has 1 aromatic carbocycles. The highest BCUT2D eigenvalue weighted by Gasteiger charge is 2.20. The van der Waals surface area contributed by atoms with Gasteiger partial charge in [-0.05, 0) is 37.5 Å². The molecular formula is C15H22N2O4. The van der Waals surface area contributed by atoms with E-state index in [1.165, 1.54) is 12.1 Å². The van der Waals surface area contributed by atoms with Crippen LogP contribution >= 0.6 is 0 Å². The molecular weight excluding hydrogens is 272 g/mol. The number of amides is 1. The third kappa shape index (κ3) is 6.76. The number of carbonyl (C=O) groups excluding carboxylic acids is 1. The van der Waals surface area contributed by atoms with Crippen molar-refractivity contribution in [1.82, 2.24) is 5.32 Å². The van der Waals surface area contributed by atoms with E-state index in [0.717, 1.165) is 12.0 Å². The van der Waals surface area contributed by atoms with Crippen molar-refractivity contribution < 1.29 is 19.8 Å². The molecule has 0 saturated heterocycles. The van der Waals surface area contributed by atoms with Gasteiger partial charge in [-0.1, -0.05) is 12.1 Å². The maximum Gasteiger partial charge on any atom is 0.326 e. The second-order valence-corrected chi connectivity index (χ2v) is 5.20. The van der Waals surface area contributed by atoms with E-state index in [1.807, 2.05) is 6.92 Å². The van der Waals surface area contributed by atoms with Crippen LogP contribution in [0.15, 0.2) is 24.3 Å². The molecule has 0 spiro atoms. The quantitative estimate of drug-likeness (QED) is 0.572. The number of carboxylic acids is 1. The van der Waals surface area contributed by atoms with Crippen molar-refractivity contribution in [2.45, 2.75) is 44.7 Å². The molecule has 0 aliphatic heterocycles. The minimum atomic E-state index is -1.08. The molecule has 6 nitrogen and oxygen atoms in total. The molecule has 2 atom stereocenters. The molecule has 0 radical (unpaired) electrons. The first-order valence-electron chi connectivity index (χ1n) is 6.94. The van der Waals surface area contributed by atoms with Gasteiger partial charge in [-0.25, -0.2) is 4.79 Å². The lowest BCUT2D eigenvalue weighted by Gasteiger charge is -2.15. The van der Waals surface area contributed by atoms with Crippen LogP contribution in [-0.2, 0) is 16.0 Å². The van der Waals surface area contributed by atoms with Gasteiger partial charge in [0, 0.05) is 18.9 Å². The van der Waals surface area contributed by atoms with Gasteiger partial charge in [-0.2, -0.15) is 0 Å². The Balaban J connectivity index is 2.51. The fourth-order valence-corrected chi connectivity index (χ4v) is 1.92. The fourth-order valence-electron chi connectivity index (χ4n) is 1.92. The second kappa shape index (κ2) is 8.26. The molecule has 1 aromatic rings. The summed E-state index contributed by atoms with van der Waals surface area (Å²) in [6.45, 7) is 1.86. The summed E-state index contributed by atoms with van der Waals surface area (Å²) in [7, 11) is 0. The summed E-state index contributed by atoms with van der Waals surface area (Å²) in [5, 5.41) is 20.9. The first kappa shape index (κ1) is 17.0. The van der Waals surface area contributed by atoms with E-state index in [0.29, 0.717) is 6.42 Å². The highest BCUT2D eigenvalue weighted by Crippen LogP contribution is 2.11. The maximum absolute atomic E-state index is 11.7. The van der Waals surface area contributed by atoms with Gasteiger partial charge < -0.3 is 21.3 Å². The predicted octanol–water partition coefficient (Wildman–Crippen LogP) is 1.02. The van der Waals surface area contributed by atoms with Gasteiger partial charge in [0.2, 0.25) is 5.91 Å². The standard InChI is InChI=1S/C15H22N2O4/c1-10(16)3-2-4-14(19)17-13(15(20)21)9-11-5-7-12(18)8-6-11/h5-8,10,13,18H,2-4,9,16H2,1H3,(H,17,19)(H,20,21). The zero-order valence-electron chi connectivity index (χ0n) is 12.1. The Morgan fingerprint density at radius 1 is 1.29 bits per heavy atom. The number of nitrogens with one attached hydrogen (secondary N) is 1. The van der Waals surface area contributed by atoms with Gasteiger partial charge in [0.15, 0.2) is 0 Å². The van der Waals surface area contributed by atoms with E-state index < -0.39 is 12.0 Å². The molecule has 116 valence electrons. The van der Waals surface area contributed by atoms with Crippen LogP contribution in [0.1, 0.15) is 31.7 Å². The van der Waals surface area contributed by atoms with Crippen molar-refractivity contribution in [3.05, 3.63) is 29.8 Å². The number of aliphatic carboxylic acids is 1. The van der Waals surface area contributed by atoms with E-state index in [2.05, 4.69) is 5.32 Å². The molecule has 0 saturated carbocycles. The van der Waals surface area contributed by atoms with Crippen molar-refractivity contribution in [1.29, 1.82) is 0 Å². The minimum absolute atomic E-state index is 0.0325. The summed E-state index contributed by atoms with van der Waals surface area (Å²) >= 11 is 0. The van der Waals surface area contributed by atoms with Crippen LogP contribution in [0.4, 0.5) is 0 Å². The lowest BCUT2D eigenvalue weighted by Crippen LogP contribution is -2.42. The summed E-state index contributed by atoms with van der Waals surface area (Å²) in [4.78, 5) is 22.9. The van der Waals surface area contributed by atoms with E-state index in [-0.39, 0.29) is 30.5 Å². The third-order valence-electron chi connectivity index (χ3n) is 3.07. The molecule has 5 N–H and O–H groups in total. The average molecular weight is 294 g/mol. The number of phenols is 1. The first-order chi connectivity index (χ1) is 9.88. The summed E-state index contributed by atoms with van der Waals surface area (Å²) in [6, 6.07) is 5.29. The molecule has 1 rings (SSSR count). The number of carbonyl (C=O) groups is 2. The van der Waals surface area contributed by atoms with Crippen LogP contribution in [0.2, 0.25) is 0 Å². The monoisotopic (exact) mass is 294 g/mol. The normalized spacial score (nSPS) is 13.4. The molecule has 21 heavy (non-hydrogen) atoms. The molecule has 1 amide bonds. The number of benzene rings is 1. The van der Waals surface area contributed by atoms with E-state index >= 15 is 0 Å². The SMILES string of the molecule is CC(N)CCCC(=O)NC(Cc1ccc(O)cc1)C(=O)O. The van der Waals surface area contributed by atoms with Gasteiger partial charge in [0.25, 0.3) is 0 Å². The van der Waals surface area contributed by atoms with Crippen molar-refractivity contribution in [3.8, 4) is 5.75 Å². The Bertz CT molecular complexity index is 471. The maximum atomic E-state index is 11.7. The smallest absolute Gasteiger partial charge is 0.326 e. The molecule has 2 unspecified atom stereocenters. The molecule has 0 aromatic heterocycles. The second-order valence-electron chi connectivity index (χ2n) is 5.20. The number of hydrogen-bond acceptors (Lipinski definition) is 4. The summed E-state index contributed by atoms with van der Waals surface area (Å²) < 4.78 is 0. The summed E-state index contributed by atoms with van der Waals surface area (Å²) in [5.74, 6) is -1.25. The van der Waals surface area contributed by atoms with Crippen LogP contribution in [0, 0.1) is 0 Å². The van der Waals surface area contributed by atoms with Crippen molar-refractivity contribution in [3.63, 3.8) is 0 Å². The number of hydrogen-bond donors (Lipinski definition) is 4. The van der Waals surface area contributed by atoms with Crippen LogP contribution in [0.3, 0.4) is 0 Å². The van der Waals surface area contributed by atoms with Gasteiger partial charge >= 0.3 is 5.97 Å². The number of carboxylic acid groups (broad SMARTS) is 1. The van der Waals surface area contributed by atoms with Gasteiger partial charge in [-0.15, -0.1) is 0 Å². The lowest BCUT2D eigenvalue weighted by molar-refractivity contribution is -0.141. The third-order valence-corrected chi connectivity index (χ3v) is 3.07. The van der Waals surface area contributed by atoms with Crippen LogP contribution < -0.4 is 11.1 Å². The summed E-state index contributed by atoms with van der Waals surface area (Å²) in [5.41, 5.74) is 6.33. The van der Waals surface area contributed by atoms with Gasteiger partial charge in [0.1, 0.15) is 11.8 Å². The fraction of sp³-hybridized carbons (Fsp3) is 0.467. The van der Waals surface area contributed by atoms with E-state index in [4.69, 9.17) is 10.8 Å². The Labute approximate surface area is 124 Å². The number of nitrogens with two attached hydrogens (primary N) is 1. The Morgan fingerprint density at radius 3 is 2.43 bits per heavy atom. The average Bonchev–Trinajstić information content (AvgIpc) is 2.40. The van der Waals surface area contributed by atoms with Crippen molar-refractivity contribution in [2.75, 3.05) is 0 Å². The van der Waals surface area contributed by atoms with Crippen molar-refractivity contribution in [2.24, 2.45) is 5.73 Å². The molecule has 0 heterocycles. The predicted molar refractivity (Wildman–Crippen MR) is 78.9 cm³/mol. The Hall–Kier alpha value is -2.08. The number of rotatable bonds is 8. The van der Waals surface area contributed by atoms with Gasteiger partial charge in [0.05, 0.1) is 0 Å². The van der Waals surface area contributed by atoms with E-state index in [9.17, 15) is 14.7 Å². The zero-order valence-corrected chi connectivity index (χ0v) is 12.1. The molecule has 0 fully saturated rings. The number of phenolic OH excluding ortho intramolecular Hbond substituents is 1. The largest absolute Gasteiger partial charge is 0.508 e. The Morgan fingerprint density at radius 2 is 1.90 bits per heavy atom.